The lowest BCUT2D eigenvalue weighted by Gasteiger charge is -2.09. The molecule has 2 N–H and O–H groups in total. The van der Waals surface area contributed by atoms with Gasteiger partial charge in [0.25, 0.3) is 0 Å². The highest BCUT2D eigenvalue weighted by atomic mass is 32.2. The first-order valence-corrected chi connectivity index (χ1v) is 8.50. The first-order valence-electron chi connectivity index (χ1n) is 7.51. The van der Waals surface area contributed by atoms with E-state index in [1.165, 1.54) is 7.11 Å². The number of nitrogens with one attached hydrogen (secondary N) is 2. The van der Waals surface area contributed by atoms with Crippen LogP contribution in [0.2, 0.25) is 0 Å². The van der Waals surface area contributed by atoms with Gasteiger partial charge >= 0.3 is 12.2 Å². The molecule has 0 saturated heterocycles. The van der Waals surface area contributed by atoms with E-state index in [0.717, 1.165) is 11.8 Å². The predicted molar refractivity (Wildman–Crippen MR) is 91.3 cm³/mol. The monoisotopic (exact) mass is 403 g/mol. The van der Waals surface area contributed by atoms with E-state index in [4.69, 9.17) is 4.74 Å². The molecule has 0 aliphatic rings. The molecule has 0 aliphatic carbocycles. The number of methoxy groups -OCH3 is 1. The minimum atomic E-state index is -4.55. The van der Waals surface area contributed by atoms with Gasteiger partial charge in [-0.2, -0.15) is 13.2 Å². The summed E-state index contributed by atoms with van der Waals surface area (Å²) in [5.74, 6) is 0.126. The Balaban J connectivity index is 1.94. The third-order valence-corrected chi connectivity index (χ3v) is 4.24. The number of carbonyl (C=O) groups excluding carboxylic acids is 2. The van der Waals surface area contributed by atoms with Crippen LogP contribution in [0.3, 0.4) is 0 Å². The van der Waals surface area contributed by atoms with Gasteiger partial charge in [0.05, 0.1) is 18.4 Å². The van der Waals surface area contributed by atoms with Crippen molar-refractivity contribution in [2.24, 2.45) is 7.05 Å². The molecule has 0 aliphatic heterocycles. The highest BCUT2D eigenvalue weighted by Crippen LogP contribution is 2.29. The second-order valence-electron chi connectivity index (χ2n) is 5.20. The molecule has 0 atom stereocenters. The molecule has 146 valence electrons. The normalized spacial score (nSPS) is 11.1. The molecule has 2 rings (SSSR count). The molecule has 0 spiro atoms. The van der Waals surface area contributed by atoms with E-state index in [1.807, 2.05) is 17.4 Å². The van der Waals surface area contributed by atoms with Gasteiger partial charge < -0.3 is 14.6 Å². The van der Waals surface area contributed by atoms with Crippen LogP contribution in [0.15, 0.2) is 29.4 Å². The van der Waals surface area contributed by atoms with Gasteiger partial charge in [-0.15, -0.1) is 10.2 Å². The molecule has 0 fully saturated rings. The van der Waals surface area contributed by atoms with Gasteiger partial charge in [0.15, 0.2) is 11.0 Å². The number of amides is 3. The highest BCUT2D eigenvalue weighted by molar-refractivity contribution is 7.99. The zero-order valence-electron chi connectivity index (χ0n) is 14.3. The number of hydrogen-bond acceptors (Lipinski definition) is 6. The molecule has 3 amide bonds. The molecule has 0 saturated carbocycles. The summed E-state index contributed by atoms with van der Waals surface area (Å²) >= 11 is 0.984. The van der Waals surface area contributed by atoms with E-state index in [-0.39, 0.29) is 5.75 Å². The number of thioether (sulfide) groups is 1. The number of imide groups is 1. The standard InChI is InChI=1S/C15H16F3N5O3S/c1-23-12(9-5-3-4-6-10(9)26-2)21-22-14(23)27-7-11(24)20-13(25)19-8-15(16,17)18/h3-6H,7-8H2,1-2H3,(H2,19,20,24,25). The van der Waals surface area contributed by atoms with E-state index >= 15 is 0 Å². The van der Waals surface area contributed by atoms with Crippen LogP contribution >= 0.6 is 11.8 Å². The zero-order valence-corrected chi connectivity index (χ0v) is 15.1. The molecular formula is C15H16F3N5O3S. The lowest BCUT2D eigenvalue weighted by atomic mass is 10.2. The fraction of sp³-hybridized carbons (Fsp3) is 0.333. The predicted octanol–water partition coefficient (Wildman–Crippen LogP) is 1.97. The first kappa shape index (κ1) is 20.6. The average molecular weight is 403 g/mol. The van der Waals surface area contributed by atoms with Crippen molar-refractivity contribution in [1.82, 2.24) is 25.4 Å². The fourth-order valence-corrected chi connectivity index (χ4v) is 2.73. The first-order chi connectivity index (χ1) is 12.7. The number of halogens is 3. The Hall–Kier alpha value is -2.76. The highest BCUT2D eigenvalue weighted by Gasteiger charge is 2.28. The number of rotatable bonds is 6. The summed E-state index contributed by atoms with van der Waals surface area (Å²) in [4.78, 5) is 22.9. The molecule has 27 heavy (non-hydrogen) atoms. The molecule has 0 bridgehead atoms. The van der Waals surface area contributed by atoms with E-state index in [9.17, 15) is 22.8 Å². The fourth-order valence-electron chi connectivity index (χ4n) is 2.02. The Morgan fingerprint density at radius 3 is 2.63 bits per heavy atom. The largest absolute Gasteiger partial charge is 0.496 e. The Bertz CT molecular complexity index is 825. The zero-order chi connectivity index (χ0) is 20.0. The van der Waals surface area contributed by atoms with Crippen LogP contribution in [0.4, 0.5) is 18.0 Å². The van der Waals surface area contributed by atoms with Crippen LogP contribution in [0.1, 0.15) is 0 Å². The topological polar surface area (TPSA) is 98.1 Å². The smallest absolute Gasteiger partial charge is 0.405 e. The summed E-state index contributed by atoms with van der Waals surface area (Å²) in [7, 11) is 3.22. The third kappa shape index (κ3) is 5.88. The maximum absolute atomic E-state index is 12.0. The van der Waals surface area contributed by atoms with Crippen LogP contribution in [0, 0.1) is 0 Å². The number of nitrogens with zero attached hydrogens (tertiary/aromatic N) is 3. The van der Waals surface area contributed by atoms with Gasteiger partial charge in [0, 0.05) is 7.05 Å². The van der Waals surface area contributed by atoms with Gasteiger partial charge in [-0.3, -0.25) is 10.1 Å². The lowest BCUT2D eigenvalue weighted by Crippen LogP contribution is -2.43. The third-order valence-electron chi connectivity index (χ3n) is 3.22. The van der Waals surface area contributed by atoms with Crippen LogP contribution in [-0.4, -0.2) is 52.3 Å². The molecule has 1 aromatic carbocycles. The molecular weight excluding hydrogens is 387 g/mol. The second kappa shape index (κ2) is 8.75. The number of urea groups is 1. The van der Waals surface area contributed by atoms with E-state index < -0.39 is 24.7 Å². The summed E-state index contributed by atoms with van der Waals surface area (Å²) in [5.41, 5.74) is 0.706. The Labute approximate surface area is 156 Å². The lowest BCUT2D eigenvalue weighted by molar-refractivity contribution is -0.124. The summed E-state index contributed by atoms with van der Waals surface area (Å²) in [5, 5.41) is 11.8. The van der Waals surface area contributed by atoms with Crippen LogP contribution in [0.25, 0.3) is 11.4 Å². The minimum absolute atomic E-state index is 0.225. The van der Waals surface area contributed by atoms with E-state index in [0.29, 0.717) is 22.3 Å². The number of hydrogen-bond donors (Lipinski definition) is 2. The summed E-state index contributed by atoms with van der Waals surface area (Å²) in [6, 6.07) is 5.97. The Morgan fingerprint density at radius 1 is 1.26 bits per heavy atom. The number of para-hydroxylation sites is 1. The van der Waals surface area contributed by atoms with Gasteiger partial charge in [0.1, 0.15) is 12.3 Å². The molecule has 8 nitrogen and oxygen atoms in total. The molecule has 12 heteroatoms. The average Bonchev–Trinajstić information content (AvgIpc) is 2.98. The maximum atomic E-state index is 12.0. The summed E-state index contributed by atoms with van der Waals surface area (Å²) < 4.78 is 42.9. The van der Waals surface area contributed by atoms with Gasteiger partial charge in [-0.05, 0) is 12.1 Å². The van der Waals surface area contributed by atoms with Crippen LogP contribution in [-0.2, 0) is 11.8 Å². The van der Waals surface area contributed by atoms with Crippen LogP contribution in [0.5, 0.6) is 5.75 Å². The van der Waals surface area contributed by atoms with Gasteiger partial charge in [0.2, 0.25) is 5.91 Å². The van der Waals surface area contributed by atoms with Crippen molar-refractivity contribution in [3.8, 4) is 17.1 Å². The Morgan fingerprint density at radius 2 is 1.96 bits per heavy atom. The minimum Gasteiger partial charge on any atom is -0.496 e. The van der Waals surface area contributed by atoms with Crippen molar-refractivity contribution < 1.29 is 27.5 Å². The number of aromatic nitrogens is 3. The van der Waals surface area contributed by atoms with Crippen molar-refractivity contribution in [2.45, 2.75) is 11.3 Å². The van der Waals surface area contributed by atoms with E-state index in [2.05, 4.69) is 10.2 Å². The number of benzene rings is 1. The number of alkyl halides is 3. The second-order valence-corrected chi connectivity index (χ2v) is 6.14. The molecule has 0 radical (unpaired) electrons. The van der Waals surface area contributed by atoms with E-state index in [1.54, 1.807) is 29.1 Å². The summed E-state index contributed by atoms with van der Waals surface area (Å²) in [6.45, 7) is -1.52. The van der Waals surface area contributed by atoms with Gasteiger partial charge in [-0.25, -0.2) is 4.79 Å². The number of carbonyl (C=O) groups is 2. The van der Waals surface area contributed by atoms with Crippen molar-refractivity contribution in [1.29, 1.82) is 0 Å². The van der Waals surface area contributed by atoms with Crippen LogP contribution < -0.4 is 15.4 Å². The number of ether oxygens (including phenoxy) is 1. The summed E-state index contributed by atoms with van der Waals surface area (Å²) in [6.07, 6.45) is -4.55. The SMILES string of the molecule is COc1ccccc1-c1nnc(SCC(=O)NC(=O)NCC(F)(F)F)n1C. The molecule has 1 aromatic heterocycles. The molecule has 0 unspecified atom stereocenters. The van der Waals surface area contributed by atoms with Gasteiger partial charge in [-0.1, -0.05) is 23.9 Å². The van der Waals surface area contributed by atoms with Crippen molar-refractivity contribution in [3.63, 3.8) is 0 Å². The van der Waals surface area contributed by atoms with Crippen molar-refractivity contribution in [2.75, 3.05) is 19.4 Å². The Kier molecular flexibility index (Phi) is 6.66. The van der Waals surface area contributed by atoms with Crippen molar-refractivity contribution in [3.05, 3.63) is 24.3 Å². The van der Waals surface area contributed by atoms with Crippen molar-refractivity contribution >= 4 is 23.7 Å². The maximum Gasteiger partial charge on any atom is 0.405 e. The molecule has 1 heterocycles. The molecule has 2 aromatic rings. The quantitative estimate of drug-likeness (QED) is 0.716.